The van der Waals surface area contributed by atoms with E-state index < -0.39 is 17.0 Å². The smallest absolute Gasteiger partial charge is 0.309 e. The lowest BCUT2D eigenvalue weighted by Crippen LogP contribution is -2.45. The molecule has 5 nitrogen and oxygen atoms in total. The van der Waals surface area contributed by atoms with Gasteiger partial charge in [-0.1, -0.05) is 0 Å². The molecule has 0 aliphatic carbocycles. The summed E-state index contributed by atoms with van der Waals surface area (Å²) >= 11 is 0. The van der Waals surface area contributed by atoms with E-state index in [2.05, 4.69) is 5.32 Å². The van der Waals surface area contributed by atoms with E-state index in [4.69, 9.17) is 9.84 Å². The van der Waals surface area contributed by atoms with Gasteiger partial charge >= 0.3 is 5.97 Å². The Morgan fingerprint density at radius 3 is 2.59 bits per heavy atom. The van der Waals surface area contributed by atoms with Crippen LogP contribution in [0.4, 0.5) is 0 Å². The van der Waals surface area contributed by atoms with Crippen LogP contribution in [0.15, 0.2) is 0 Å². The van der Waals surface area contributed by atoms with Crippen molar-refractivity contribution in [2.24, 2.45) is 5.41 Å². The fourth-order valence-electron chi connectivity index (χ4n) is 1.74. The predicted octanol–water partition coefficient (Wildman–Crippen LogP) is 1.17. The Kier molecular flexibility index (Phi) is 4.14. The number of carbonyl (C=O) groups is 2. The molecule has 2 N–H and O–H groups in total. The van der Waals surface area contributed by atoms with Crippen LogP contribution in [0.25, 0.3) is 0 Å². The topological polar surface area (TPSA) is 75.6 Å². The van der Waals surface area contributed by atoms with Crippen LogP contribution in [0.5, 0.6) is 0 Å². The average molecular weight is 243 g/mol. The molecule has 0 spiro atoms. The standard InChI is InChI=1S/C12H21NO4/c1-11(2,10(15)16)6-7-13-9(14)12(3)5-4-8-17-12/h4-8H2,1-3H3,(H,13,14)(H,15,16). The highest BCUT2D eigenvalue weighted by atomic mass is 16.5. The van der Waals surface area contributed by atoms with Crippen LogP contribution >= 0.6 is 0 Å². The molecule has 0 aromatic carbocycles. The Bertz CT molecular complexity index is 306. The van der Waals surface area contributed by atoms with Gasteiger partial charge in [-0.3, -0.25) is 9.59 Å². The van der Waals surface area contributed by atoms with Gasteiger partial charge in [0.25, 0.3) is 5.91 Å². The van der Waals surface area contributed by atoms with Gasteiger partial charge in [0.1, 0.15) is 5.60 Å². The highest BCUT2D eigenvalue weighted by molar-refractivity contribution is 5.85. The molecule has 1 fully saturated rings. The summed E-state index contributed by atoms with van der Waals surface area (Å²) in [5.41, 5.74) is -1.54. The fraction of sp³-hybridized carbons (Fsp3) is 0.833. The predicted molar refractivity (Wildman–Crippen MR) is 62.6 cm³/mol. The maximum Gasteiger partial charge on any atom is 0.309 e. The molecule has 0 aromatic heterocycles. The minimum Gasteiger partial charge on any atom is -0.481 e. The van der Waals surface area contributed by atoms with Gasteiger partial charge in [0.15, 0.2) is 0 Å². The molecule has 1 aliphatic heterocycles. The quantitative estimate of drug-likeness (QED) is 0.760. The summed E-state index contributed by atoms with van der Waals surface area (Å²) < 4.78 is 5.40. The second-order valence-electron chi connectivity index (χ2n) is 5.38. The van der Waals surface area contributed by atoms with Crippen LogP contribution in [0.2, 0.25) is 0 Å². The number of hydrogen-bond acceptors (Lipinski definition) is 3. The molecule has 0 aromatic rings. The lowest BCUT2D eigenvalue weighted by atomic mass is 9.89. The molecule has 0 radical (unpaired) electrons. The van der Waals surface area contributed by atoms with E-state index in [0.29, 0.717) is 19.6 Å². The van der Waals surface area contributed by atoms with Crippen molar-refractivity contribution in [2.75, 3.05) is 13.2 Å². The molecule has 0 bridgehead atoms. The van der Waals surface area contributed by atoms with E-state index in [1.54, 1.807) is 20.8 Å². The molecule has 1 atom stereocenters. The van der Waals surface area contributed by atoms with Crippen molar-refractivity contribution in [3.63, 3.8) is 0 Å². The molecule has 1 rings (SSSR count). The normalized spacial score (nSPS) is 24.6. The van der Waals surface area contributed by atoms with Gasteiger partial charge in [-0.2, -0.15) is 0 Å². The highest BCUT2D eigenvalue weighted by Crippen LogP contribution is 2.25. The lowest BCUT2D eigenvalue weighted by molar-refractivity contribution is -0.148. The first-order chi connectivity index (χ1) is 7.78. The largest absolute Gasteiger partial charge is 0.481 e. The maximum atomic E-state index is 11.8. The molecule has 0 saturated carbocycles. The van der Waals surface area contributed by atoms with E-state index in [-0.39, 0.29) is 5.91 Å². The van der Waals surface area contributed by atoms with Crippen LogP contribution < -0.4 is 5.32 Å². The number of ether oxygens (including phenoxy) is 1. The molecular weight excluding hydrogens is 222 g/mol. The number of aliphatic carboxylic acids is 1. The van der Waals surface area contributed by atoms with E-state index >= 15 is 0 Å². The lowest BCUT2D eigenvalue weighted by Gasteiger charge is -2.24. The van der Waals surface area contributed by atoms with E-state index in [1.807, 2.05) is 0 Å². The third-order valence-electron chi connectivity index (χ3n) is 3.31. The number of nitrogens with one attached hydrogen (secondary N) is 1. The van der Waals surface area contributed by atoms with Crippen molar-refractivity contribution in [1.29, 1.82) is 0 Å². The summed E-state index contributed by atoms with van der Waals surface area (Å²) in [4.78, 5) is 22.7. The Morgan fingerprint density at radius 1 is 1.47 bits per heavy atom. The number of carboxylic acids is 1. The molecule has 17 heavy (non-hydrogen) atoms. The summed E-state index contributed by atoms with van der Waals surface area (Å²) in [6.07, 6.45) is 2.02. The van der Waals surface area contributed by atoms with Crippen molar-refractivity contribution in [3.8, 4) is 0 Å². The Labute approximate surface area is 102 Å². The van der Waals surface area contributed by atoms with Gasteiger partial charge in [0.05, 0.1) is 5.41 Å². The second-order valence-corrected chi connectivity index (χ2v) is 5.38. The minimum atomic E-state index is -0.852. The molecule has 98 valence electrons. The molecule has 1 aliphatic rings. The van der Waals surface area contributed by atoms with Gasteiger partial charge in [-0.05, 0) is 40.0 Å². The monoisotopic (exact) mass is 243 g/mol. The third-order valence-corrected chi connectivity index (χ3v) is 3.31. The van der Waals surface area contributed by atoms with Crippen molar-refractivity contribution in [3.05, 3.63) is 0 Å². The number of rotatable bonds is 5. The molecule has 1 amide bonds. The van der Waals surface area contributed by atoms with Crippen molar-refractivity contribution in [1.82, 2.24) is 5.32 Å². The Hall–Kier alpha value is -1.10. The zero-order valence-corrected chi connectivity index (χ0v) is 10.7. The molecule has 1 saturated heterocycles. The summed E-state index contributed by atoms with van der Waals surface area (Å²) in [5.74, 6) is -0.994. The van der Waals surface area contributed by atoms with Gasteiger partial charge in [0.2, 0.25) is 0 Å². The Morgan fingerprint density at radius 2 is 2.12 bits per heavy atom. The Balaban J connectivity index is 2.37. The van der Waals surface area contributed by atoms with Crippen LogP contribution in [-0.4, -0.2) is 35.7 Å². The van der Waals surface area contributed by atoms with E-state index in [1.165, 1.54) is 0 Å². The van der Waals surface area contributed by atoms with Crippen molar-refractivity contribution in [2.45, 2.75) is 45.6 Å². The molecule has 1 unspecified atom stereocenters. The summed E-state index contributed by atoms with van der Waals surface area (Å²) in [6, 6.07) is 0. The SMILES string of the molecule is CC(C)(CCNC(=O)C1(C)CCCO1)C(=O)O. The van der Waals surface area contributed by atoms with Gasteiger partial charge in [-0.25, -0.2) is 0 Å². The summed E-state index contributed by atoms with van der Waals surface area (Å²) in [5, 5.41) is 11.7. The summed E-state index contributed by atoms with van der Waals surface area (Å²) in [7, 11) is 0. The molecule has 5 heteroatoms. The van der Waals surface area contributed by atoms with Gasteiger partial charge in [-0.15, -0.1) is 0 Å². The zero-order valence-electron chi connectivity index (χ0n) is 10.7. The maximum absolute atomic E-state index is 11.8. The first-order valence-electron chi connectivity index (χ1n) is 5.94. The van der Waals surface area contributed by atoms with Crippen molar-refractivity contribution < 1.29 is 19.4 Å². The highest BCUT2D eigenvalue weighted by Gasteiger charge is 2.37. The molecule has 1 heterocycles. The van der Waals surface area contributed by atoms with Crippen LogP contribution in [0, 0.1) is 5.41 Å². The summed E-state index contributed by atoms with van der Waals surface area (Å²) in [6.45, 7) is 6.05. The molecular formula is C12H21NO4. The van der Waals surface area contributed by atoms with E-state index in [9.17, 15) is 9.59 Å². The van der Waals surface area contributed by atoms with Gasteiger partial charge in [0, 0.05) is 13.2 Å². The zero-order chi connectivity index (χ0) is 13.1. The second kappa shape index (κ2) is 5.04. The fourth-order valence-corrected chi connectivity index (χ4v) is 1.74. The van der Waals surface area contributed by atoms with Crippen molar-refractivity contribution >= 4 is 11.9 Å². The first kappa shape index (κ1) is 14.0. The third kappa shape index (κ3) is 3.43. The number of carbonyl (C=O) groups excluding carboxylic acids is 1. The number of carboxylic acid groups (broad SMARTS) is 1. The van der Waals surface area contributed by atoms with E-state index in [0.717, 1.165) is 12.8 Å². The van der Waals surface area contributed by atoms with Crippen LogP contribution in [-0.2, 0) is 14.3 Å². The van der Waals surface area contributed by atoms with Crippen LogP contribution in [0.1, 0.15) is 40.0 Å². The number of amides is 1. The van der Waals surface area contributed by atoms with Gasteiger partial charge < -0.3 is 15.2 Å². The number of hydrogen-bond donors (Lipinski definition) is 2. The average Bonchev–Trinajstić information content (AvgIpc) is 2.66. The minimum absolute atomic E-state index is 0.142. The van der Waals surface area contributed by atoms with Crippen LogP contribution in [0.3, 0.4) is 0 Å². The first-order valence-corrected chi connectivity index (χ1v) is 5.94.